The van der Waals surface area contributed by atoms with E-state index >= 15 is 0 Å². The molecule has 0 unspecified atom stereocenters. The maximum absolute atomic E-state index is 12.3. The average molecular weight is 337 g/mol. The molecule has 4 nitrogen and oxygen atoms in total. The minimum absolute atomic E-state index is 0.0680. The maximum atomic E-state index is 12.3. The molecule has 0 saturated carbocycles. The topological polar surface area (TPSA) is 58.4 Å². The van der Waals surface area contributed by atoms with Crippen molar-refractivity contribution in [2.45, 2.75) is 32.9 Å². The first-order valence-electron chi connectivity index (χ1n) is 9.04. The molecule has 1 saturated heterocycles. The van der Waals surface area contributed by atoms with Gasteiger partial charge in [-0.05, 0) is 67.2 Å². The van der Waals surface area contributed by atoms with Crippen LogP contribution in [0.15, 0.2) is 48.5 Å². The molecule has 3 N–H and O–H groups in total. The molecule has 0 spiro atoms. The molecule has 3 rings (SSSR count). The molecule has 0 atom stereocenters. The smallest absolute Gasteiger partial charge is 0.251 e. The minimum Gasteiger partial charge on any atom is -0.399 e. The first kappa shape index (κ1) is 17.5. The number of piperidine rings is 1. The van der Waals surface area contributed by atoms with Gasteiger partial charge in [-0.3, -0.25) is 9.69 Å². The van der Waals surface area contributed by atoms with Crippen LogP contribution < -0.4 is 11.1 Å². The summed E-state index contributed by atoms with van der Waals surface area (Å²) >= 11 is 0. The van der Waals surface area contributed by atoms with Gasteiger partial charge in [-0.25, -0.2) is 0 Å². The van der Waals surface area contributed by atoms with E-state index in [0.717, 1.165) is 25.6 Å². The largest absolute Gasteiger partial charge is 0.399 e. The Morgan fingerprint density at radius 3 is 2.40 bits per heavy atom. The summed E-state index contributed by atoms with van der Waals surface area (Å²) in [6, 6.07) is 15.4. The minimum atomic E-state index is -0.0680. The van der Waals surface area contributed by atoms with E-state index in [-0.39, 0.29) is 5.91 Å². The Morgan fingerprint density at radius 2 is 1.72 bits per heavy atom. The normalized spacial score (nSPS) is 15.9. The molecule has 1 heterocycles. The van der Waals surface area contributed by atoms with Gasteiger partial charge in [-0.2, -0.15) is 0 Å². The van der Waals surface area contributed by atoms with Gasteiger partial charge in [0.05, 0.1) is 0 Å². The van der Waals surface area contributed by atoms with Crippen LogP contribution in [0, 0.1) is 5.92 Å². The summed E-state index contributed by atoms with van der Waals surface area (Å²) in [5, 5.41) is 3.02. The fraction of sp³-hybridized carbons (Fsp3) is 0.381. The third kappa shape index (κ3) is 4.83. The van der Waals surface area contributed by atoms with Crippen LogP contribution in [0.2, 0.25) is 0 Å². The highest BCUT2D eigenvalue weighted by Gasteiger charge is 2.17. The number of anilines is 1. The lowest BCUT2D eigenvalue weighted by Crippen LogP contribution is -2.33. The van der Waals surface area contributed by atoms with E-state index in [1.165, 1.54) is 24.0 Å². The van der Waals surface area contributed by atoms with Gasteiger partial charge in [0.25, 0.3) is 5.91 Å². The Hall–Kier alpha value is -2.33. The lowest BCUT2D eigenvalue weighted by molar-refractivity contribution is 0.0950. The van der Waals surface area contributed by atoms with E-state index in [4.69, 9.17) is 5.73 Å². The number of rotatable bonds is 5. The number of carbonyl (C=O) groups is 1. The Morgan fingerprint density at radius 1 is 1.08 bits per heavy atom. The zero-order chi connectivity index (χ0) is 17.6. The highest BCUT2D eigenvalue weighted by atomic mass is 16.1. The molecular formula is C21H27N3O. The predicted molar refractivity (Wildman–Crippen MR) is 102 cm³/mol. The van der Waals surface area contributed by atoms with Gasteiger partial charge >= 0.3 is 0 Å². The SMILES string of the molecule is CC1CCN(Cc2ccccc2CNC(=O)c2ccc(N)cc2)CC1. The molecule has 0 bridgehead atoms. The summed E-state index contributed by atoms with van der Waals surface area (Å²) in [7, 11) is 0. The number of benzene rings is 2. The van der Waals surface area contributed by atoms with Gasteiger partial charge in [-0.1, -0.05) is 31.2 Å². The van der Waals surface area contributed by atoms with E-state index in [0.29, 0.717) is 17.8 Å². The quantitative estimate of drug-likeness (QED) is 0.822. The molecule has 25 heavy (non-hydrogen) atoms. The number of nitrogens with two attached hydrogens (primary N) is 1. The summed E-state index contributed by atoms with van der Waals surface area (Å²) in [4.78, 5) is 14.8. The Kier molecular flexibility index (Phi) is 5.71. The van der Waals surface area contributed by atoms with Crippen molar-refractivity contribution in [3.8, 4) is 0 Å². The van der Waals surface area contributed by atoms with Crippen LogP contribution >= 0.6 is 0 Å². The van der Waals surface area contributed by atoms with Crippen molar-refractivity contribution in [3.05, 3.63) is 65.2 Å². The maximum Gasteiger partial charge on any atom is 0.251 e. The third-order valence-electron chi connectivity index (χ3n) is 5.00. The summed E-state index contributed by atoms with van der Waals surface area (Å²) in [6.45, 7) is 6.16. The molecule has 1 fully saturated rings. The highest BCUT2D eigenvalue weighted by molar-refractivity contribution is 5.94. The zero-order valence-corrected chi connectivity index (χ0v) is 14.9. The van der Waals surface area contributed by atoms with Crippen molar-refractivity contribution in [1.82, 2.24) is 10.2 Å². The average Bonchev–Trinajstić information content (AvgIpc) is 2.63. The second-order valence-electron chi connectivity index (χ2n) is 7.03. The number of carbonyl (C=O) groups excluding carboxylic acids is 1. The third-order valence-corrected chi connectivity index (χ3v) is 5.00. The molecule has 0 radical (unpaired) electrons. The lowest BCUT2D eigenvalue weighted by Gasteiger charge is -2.30. The molecule has 1 aliphatic heterocycles. The lowest BCUT2D eigenvalue weighted by atomic mass is 9.98. The van der Waals surface area contributed by atoms with E-state index in [2.05, 4.69) is 35.3 Å². The van der Waals surface area contributed by atoms with Gasteiger partial charge in [0, 0.05) is 24.3 Å². The first-order chi connectivity index (χ1) is 12.1. The molecule has 4 heteroatoms. The Bertz CT molecular complexity index is 703. The van der Waals surface area contributed by atoms with E-state index in [1.54, 1.807) is 24.3 Å². The van der Waals surface area contributed by atoms with Gasteiger partial charge in [-0.15, -0.1) is 0 Å². The number of hydrogen-bond donors (Lipinski definition) is 2. The molecule has 0 aromatic heterocycles. The molecule has 1 amide bonds. The van der Waals surface area contributed by atoms with E-state index in [1.807, 2.05) is 6.07 Å². The van der Waals surface area contributed by atoms with Crippen molar-refractivity contribution >= 4 is 11.6 Å². The molecule has 2 aromatic carbocycles. The molecule has 1 aliphatic rings. The Balaban J connectivity index is 1.60. The summed E-state index contributed by atoms with van der Waals surface area (Å²) < 4.78 is 0. The fourth-order valence-electron chi connectivity index (χ4n) is 3.26. The van der Waals surface area contributed by atoms with E-state index < -0.39 is 0 Å². The van der Waals surface area contributed by atoms with Crippen LogP contribution in [0.3, 0.4) is 0 Å². The van der Waals surface area contributed by atoms with Crippen LogP contribution in [-0.4, -0.2) is 23.9 Å². The van der Waals surface area contributed by atoms with Crippen LogP contribution in [0.5, 0.6) is 0 Å². The van der Waals surface area contributed by atoms with Crippen molar-refractivity contribution in [2.75, 3.05) is 18.8 Å². The molecule has 132 valence electrons. The van der Waals surface area contributed by atoms with Crippen molar-refractivity contribution in [1.29, 1.82) is 0 Å². The summed E-state index contributed by atoms with van der Waals surface area (Å²) in [6.07, 6.45) is 2.55. The molecule has 0 aliphatic carbocycles. The number of amides is 1. The number of hydrogen-bond acceptors (Lipinski definition) is 3. The van der Waals surface area contributed by atoms with Crippen molar-refractivity contribution in [3.63, 3.8) is 0 Å². The second kappa shape index (κ2) is 8.17. The summed E-state index contributed by atoms with van der Waals surface area (Å²) in [5.41, 5.74) is 9.46. The fourth-order valence-corrected chi connectivity index (χ4v) is 3.26. The van der Waals surface area contributed by atoms with Crippen LogP contribution in [-0.2, 0) is 13.1 Å². The van der Waals surface area contributed by atoms with Crippen LogP contribution in [0.4, 0.5) is 5.69 Å². The second-order valence-corrected chi connectivity index (χ2v) is 7.03. The molecular weight excluding hydrogens is 310 g/mol. The predicted octanol–water partition coefficient (Wildman–Crippen LogP) is 3.43. The van der Waals surface area contributed by atoms with E-state index in [9.17, 15) is 4.79 Å². The number of nitrogens with zero attached hydrogens (tertiary/aromatic N) is 1. The number of likely N-dealkylation sites (tertiary alicyclic amines) is 1. The van der Waals surface area contributed by atoms with Gasteiger partial charge in [0.1, 0.15) is 0 Å². The zero-order valence-electron chi connectivity index (χ0n) is 14.9. The van der Waals surface area contributed by atoms with Gasteiger partial charge in [0.15, 0.2) is 0 Å². The highest BCUT2D eigenvalue weighted by Crippen LogP contribution is 2.19. The monoisotopic (exact) mass is 337 g/mol. The number of nitrogen functional groups attached to an aromatic ring is 1. The van der Waals surface area contributed by atoms with Crippen molar-refractivity contribution < 1.29 is 4.79 Å². The number of nitrogens with one attached hydrogen (secondary N) is 1. The standard InChI is InChI=1S/C21H27N3O/c1-16-10-12-24(13-11-16)15-19-5-3-2-4-18(19)14-23-21(25)17-6-8-20(22)9-7-17/h2-9,16H,10-15,22H2,1H3,(H,23,25). The van der Waals surface area contributed by atoms with Crippen LogP contribution in [0.25, 0.3) is 0 Å². The summed E-state index contributed by atoms with van der Waals surface area (Å²) in [5.74, 6) is 0.771. The molecule has 2 aromatic rings. The van der Waals surface area contributed by atoms with Gasteiger partial charge < -0.3 is 11.1 Å². The van der Waals surface area contributed by atoms with Crippen molar-refractivity contribution in [2.24, 2.45) is 5.92 Å². The first-order valence-corrected chi connectivity index (χ1v) is 9.04. The van der Waals surface area contributed by atoms with Gasteiger partial charge in [0.2, 0.25) is 0 Å². The Labute approximate surface area is 150 Å². The van der Waals surface area contributed by atoms with Crippen LogP contribution in [0.1, 0.15) is 41.3 Å².